The van der Waals surface area contributed by atoms with Crippen LogP contribution in [0.4, 0.5) is 0 Å². The van der Waals surface area contributed by atoms with Gasteiger partial charge in [0.15, 0.2) is 0 Å². The van der Waals surface area contributed by atoms with E-state index in [0.29, 0.717) is 16.6 Å². The Labute approximate surface area is 153 Å². The van der Waals surface area contributed by atoms with Crippen molar-refractivity contribution < 1.29 is 9.84 Å². The van der Waals surface area contributed by atoms with Crippen LogP contribution < -0.4 is 10.1 Å². The fourth-order valence-corrected chi connectivity index (χ4v) is 2.97. The van der Waals surface area contributed by atoms with E-state index in [9.17, 15) is 5.11 Å². The summed E-state index contributed by atoms with van der Waals surface area (Å²) < 4.78 is 5.58. The molecule has 2 aromatic rings. The minimum atomic E-state index is -0.547. The number of aliphatic hydroxyl groups excluding tert-OH is 1. The molecular formula is C19H23Cl2NO2. The average Bonchev–Trinajstić information content (AvgIpc) is 2.55. The summed E-state index contributed by atoms with van der Waals surface area (Å²) in [5, 5.41) is 14.6. The van der Waals surface area contributed by atoms with E-state index in [2.05, 4.69) is 5.32 Å². The van der Waals surface area contributed by atoms with Crippen LogP contribution in [0, 0.1) is 6.92 Å². The Morgan fingerprint density at radius 1 is 1.12 bits per heavy atom. The van der Waals surface area contributed by atoms with E-state index in [1.54, 1.807) is 0 Å². The first-order chi connectivity index (χ1) is 11.6. The molecule has 5 heteroatoms. The van der Waals surface area contributed by atoms with Gasteiger partial charge in [-0.1, -0.05) is 41.4 Å². The maximum Gasteiger partial charge on any atom is 0.119 e. The van der Waals surface area contributed by atoms with Crippen molar-refractivity contribution >= 4 is 23.2 Å². The van der Waals surface area contributed by atoms with Gasteiger partial charge >= 0.3 is 0 Å². The lowest BCUT2D eigenvalue weighted by Gasteiger charge is -2.14. The van der Waals surface area contributed by atoms with Gasteiger partial charge in [-0.25, -0.2) is 0 Å². The molecule has 1 unspecified atom stereocenters. The number of halogens is 2. The molecule has 3 nitrogen and oxygen atoms in total. The van der Waals surface area contributed by atoms with Crippen LogP contribution >= 0.6 is 23.2 Å². The number of ether oxygens (including phenoxy) is 1. The van der Waals surface area contributed by atoms with Gasteiger partial charge in [-0.05, 0) is 61.7 Å². The fourth-order valence-electron chi connectivity index (χ4n) is 2.39. The first kappa shape index (κ1) is 19.1. The van der Waals surface area contributed by atoms with Crippen molar-refractivity contribution in [2.45, 2.75) is 25.9 Å². The van der Waals surface area contributed by atoms with E-state index in [0.717, 1.165) is 36.3 Å². The molecule has 0 aliphatic heterocycles. The van der Waals surface area contributed by atoms with Gasteiger partial charge in [0.05, 0.1) is 0 Å². The monoisotopic (exact) mass is 367 g/mol. The molecule has 0 fully saturated rings. The molecule has 0 amide bonds. The molecule has 2 rings (SSSR count). The summed E-state index contributed by atoms with van der Waals surface area (Å²) in [7, 11) is 0. The summed E-state index contributed by atoms with van der Waals surface area (Å²) in [4.78, 5) is 0. The third kappa shape index (κ3) is 6.33. The summed E-state index contributed by atoms with van der Waals surface area (Å²) in [5.74, 6) is 0.780. The molecule has 0 aromatic heterocycles. The van der Waals surface area contributed by atoms with E-state index < -0.39 is 6.10 Å². The van der Waals surface area contributed by atoms with Crippen LogP contribution in [0.5, 0.6) is 5.75 Å². The fraction of sp³-hybridized carbons (Fsp3) is 0.368. The van der Waals surface area contributed by atoms with Crippen molar-refractivity contribution in [3.63, 3.8) is 0 Å². The average molecular weight is 368 g/mol. The van der Waals surface area contributed by atoms with Gasteiger partial charge in [0.2, 0.25) is 0 Å². The van der Waals surface area contributed by atoms with Crippen LogP contribution in [-0.2, 0) is 6.42 Å². The lowest BCUT2D eigenvalue weighted by atomic mass is 10.1. The summed E-state index contributed by atoms with van der Waals surface area (Å²) in [6, 6.07) is 13.3. The Bertz CT molecular complexity index is 629. The molecule has 24 heavy (non-hydrogen) atoms. The molecule has 130 valence electrons. The molecule has 2 aromatic carbocycles. The molecule has 0 aliphatic rings. The van der Waals surface area contributed by atoms with Crippen molar-refractivity contribution in [1.29, 1.82) is 0 Å². The largest absolute Gasteiger partial charge is 0.491 e. The number of aliphatic hydroxyl groups is 1. The Morgan fingerprint density at radius 3 is 2.54 bits per heavy atom. The van der Waals surface area contributed by atoms with Gasteiger partial charge in [-0.2, -0.15) is 0 Å². The predicted octanol–water partition coefficient (Wildman–Crippen LogP) is 4.26. The normalized spacial score (nSPS) is 12.2. The lowest BCUT2D eigenvalue weighted by Crippen LogP contribution is -2.32. The number of aryl methyl sites for hydroxylation is 1. The molecule has 2 N–H and O–H groups in total. The molecule has 0 radical (unpaired) electrons. The van der Waals surface area contributed by atoms with E-state index >= 15 is 0 Å². The highest BCUT2D eigenvalue weighted by Gasteiger charge is 2.07. The van der Waals surface area contributed by atoms with Crippen LogP contribution in [0.15, 0.2) is 42.5 Å². The number of hydrogen-bond donors (Lipinski definition) is 2. The zero-order valence-corrected chi connectivity index (χ0v) is 15.3. The van der Waals surface area contributed by atoms with Gasteiger partial charge in [-0.15, -0.1) is 0 Å². The second-order valence-electron chi connectivity index (χ2n) is 5.79. The first-order valence-electron chi connectivity index (χ1n) is 8.07. The van der Waals surface area contributed by atoms with Crippen LogP contribution in [0.25, 0.3) is 0 Å². The lowest BCUT2D eigenvalue weighted by molar-refractivity contribution is 0.106. The molecule has 0 bridgehead atoms. The van der Waals surface area contributed by atoms with Crippen molar-refractivity contribution in [2.75, 3.05) is 19.7 Å². The highest BCUT2D eigenvalue weighted by Crippen LogP contribution is 2.25. The zero-order valence-electron chi connectivity index (χ0n) is 13.8. The quantitative estimate of drug-likeness (QED) is 0.650. The second-order valence-corrected chi connectivity index (χ2v) is 6.60. The Hall–Kier alpha value is -1.26. The van der Waals surface area contributed by atoms with E-state index in [1.807, 2.05) is 49.4 Å². The third-order valence-electron chi connectivity index (χ3n) is 3.65. The highest BCUT2D eigenvalue weighted by molar-refractivity contribution is 6.35. The Morgan fingerprint density at radius 2 is 1.83 bits per heavy atom. The minimum Gasteiger partial charge on any atom is -0.491 e. The number of benzene rings is 2. The van der Waals surface area contributed by atoms with Crippen molar-refractivity contribution in [3.8, 4) is 5.75 Å². The molecule has 1 atom stereocenters. The molecular weight excluding hydrogens is 345 g/mol. The first-order valence-corrected chi connectivity index (χ1v) is 8.83. The second kappa shape index (κ2) is 9.90. The molecule has 0 heterocycles. The summed E-state index contributed by atoms with van der Waals surface area (Å²) >= 11 is 12.3. The minimum absolute atomic E-state index is 0.271. The van der Waals surface area contributed by atoms with Crippen LogP contribution in [-0.4, -0.2) is 30.9 Å². The SMILES string of the molecule is Cc1cccc(OCC(O)CNCCCc2c(Cl)cccc2Cl)c1. The maximum atomic E-state index is 9.95. The molecule has 0 aliphatic carbocycles. The van der Waals surface area contributed by atoms with Gasteiger partial charge in [-0.3, -0.25) is 0 Å². The number of hydrogen-bond acceptors (Lipinski definition) is 3. The van der Waals surface area contributed by atoms with E-state index in [4.69, 9.17) is 27.9 Å². The third-order valence-corrected chi connectivity index (χ3v) is 4.36. The van der Waals surface area contributed by atoms with E-state index in [-0.39, 0.29) is 6.61 Å². The van der Waals surface area contributed by atoms with Crippen LogP contribution in [0.2, 0.25) is 10.0 Å². The predicted molar refractivity (Wildman–Crippen MR) is 100 cm³/mol. The summed E-state index contributed by atoms with van der Waals surface area (Å²) in [6.07, 6.45) is 1.16. The summed E-state index contributed by atoms with van der Waals surface area (Å²) in [6.45, 7) is 3.55. The highest BCUT2D eigenvalue weighted by atomic mass is 35.5. The van der Waals surface area contributed by atoms with Crippen molar-refractivity contribution in [2.24, 2.45) is 0 Å². The smallest absolute Gasteiger partial charge is 0.119 e. The Balaban J connectivity index is 1.62. The van der Waals surface area contributed by atoms with Crippen LogP contribution in [0.3, 0.4) is 0 Å². The summed E-state index contributed by atoms with van der Waals surface area (Å²) in [5.41, 5.74) is 2.12. The van der Waals surface area contributed by atoms with Gasteiger partial charge in [0.1, 0.15) is 18.5 Å². The van der Waals surface area contributed by atoms with Gasteiger partial charge in [0, 0.05) is 16.6 Å². The molecule has 0 spiro atoms. The maximum absolute atomic E-state index is 9.95. The number of rotatable bonds is 9. The Kier molecular flexibility index (Phi) is 7.86. The van der Waals surface area contributed by atoms with Crippen molar-refractivity contribution in [3.05, 3.63) is 63.6 Å². The van der Waals surface area contributed by atoms with Crippen molar-refractivity contribution in [1.82, 2.24) is 5.32 Å². The van der Waals surface area contributed by atoms with Crippen LogP contribution in [0.1, 0.15) is 17.5 Å². The zero-order chi connectivity index (χ0) is 17.4. The van der Waals surface area contributed by atoms with Gasteiger partial charge < -0.3 is 15.2 Å². The topological polar surface area (TPSA) is 41.5 Å². The molecule has 0 saturated carbocycles. The van der Waals surface area contributed by atoms with E-state index in [1.165, 1.54) is 0 Å². The number of nitrogens with one attached hydrogen (secondary N) is 1. The van der Waals surface area contributed by atoms with Gasteiger partial charge in [0.25, 0.3) is 0 Å². The molecule has 0 saturated heterocycles. The standard InChI is InChI=1S/C19H23Cl2NO2/c1-14-5-2-6-16(11-14)24-13-15(23)12-22-10-4-7-17-18(20)8-3-9-19(17)21/h2-3,5-6,8-9,11,15,22-23H,4,7,10,12-13H2,1H3.